The maximum atomic E-state index is 12.5. The van der Waals surface area contributed by atoms with Crippen molar-refractivity contribution in [3.05, 3.63) is 17.7 Å². The van der Waals surface area contributed by atoms with E-state index in [0.717, 1.165) is 30.5 Å². The van der Waals surface area contributed by atoms with Gasteiger partial charge in [0, 0.05) is 12.5 Å². The lowest BCUT2D eigenvalue weighted by molar-refractivity contribution is -0.902. The van der Waals surface area contributed by atoms with Crippen LogP contribution in [0.2, 0.25) is 0 Å². The number of methoxy groups -OCH3 is 3. The Morgan fingerprint density at radius 3 is 2.33 bits per heavy atom. The molecule has 6 heteroatoms. The average molecular weight is 378 g/mol. The van der Waals surface area contributed by atoms with Crippen molar-refractivity contribution in [1.82, 2.24) is 5.32 Å². The lowest BCUT2D eigenvalue weighted by atomic mass is 9.75. The van der Waals surface area contributed by atoms with E-state index in [1.807, 2.05) is 12.1 Å². The predicted molar refractivity (Wildman–Crippen MR) is 104 cm³/mol. The van der Waals surface area contributed by atoms with Crippen molar-refractivity contribution in [2.24, 2.45) is 11.8 Å². The molecule has 150 valence electrons. The van der Waals surface area contributed by atoms with Gasteiger partial charge in [-0.2, -0.15) is 0 Å². The van der Waals surface area contributed by atoms with E-state index in [-0.39, 0.29) is 5.91 Å². The van der Waals surface area contributed by atoms with E-state index in [9.17, 15) is 4.79 Å². The Kier molecular flexibility index (Phi) is 6.83. The minimum atomic E-state index is 0.105. The van der Waals surface area contributed by atoms with E-state index in [1.54, 1.807) is 21.3 Å². The van der Waals surface area contributed by atoms with E-state index in [2.05, 4.69) is 5.32 Å². The molecule has 0 spiro atoms. The summed E-state index contributed by atoms with van der Waals surface area (Å²) < 4.78 is 16.1. The summed E-state index contributed by atoms with van der Waals surface area (Å²) in [5, 5.41) is 3.05. The fourth-order valence-electron chi connectivity index (χ4n) is 4.68. The van der Waals surface area contributed by atoms with Gasteiger partial charge < -0.3 is 24.4 Å². The zero-order valence-electron chi connectivity index (χ0n) is 16.8. The van der Waals surface area contributed by atoms with Crippen molar-refractivity contribution in [1.29, 1.82) is 0 Å². The number of piperidine rings is 1. The van der Waals surface area contributed by atoms with Gasteiger partial charge in [-0.3, -0.25) is 4.79 Å². The largest absolute Gasteiger partial charge is 0.493 e. The molecule has 1 heterocycles. The molecule has 1 aromatic carbocycles. The molecule has 1 amide bonds. The van der Waals surface area contributed by atoms with Gasteiger partial charge in [0.1, 0.15) is 0 Å². The van der Waals surface area contributed by atoms with Crippen molar-refractivity contribution < 1.29 is 23.9 Å². The quantitative estimate of drug-likeness (QED) is 0.755. The van der Waals surface area contributed by atoms with Crippen LogP contribution in [0.15, 0.2) is 12.1 Å². The van der Waals surface area contributed by atoms with Crippen LogP contribution in [0, 0.1) is 11.8 Å². The molecule has 2 aliphatic rings. The minimum Gasteiger partial charge on any atom is -0.493 e. The summed E-state index contributed by atoms with van der Waals surface area (Å²) >= 11 is 0. The first-order chi connectivity index (χ1) is 13.1. The molecule has 3 rings (SSSR count). The molecule has 1 aliphatic heterocycles. The molecular weight excluding hydrogens is 344 g/mol. The summed E-state index contributed by atoms with van der Waals surface area (Å²) in [6.45, 7) is 3.30. The molecule has 0 aromatic heterocycles. The highest BCUT2D eigenvalue weighted by atomic mass is 16.5. The smallest absolute Gasteiger partial charge is 0.275 e. The molecule has 0 bridgehead atoms. The summed E-state index contributed by atoms with van der Waals surface area (Å²) in [6, 6.07) is 3.75. The summed E-state index contributed by atoms with van der Waals surface area (Å²) in [4.78, 5) is 13.9. The molecule has 2 fully saturated rings. The molecule has 1 aliphatic carbocycles. The Balaban J connectivity index is 1.53. The third-order valence-electron chi connectivity index (χ3n) is 6.11. The van der Waals surface area contributed by atoms with Crippen LogP contribution in [0.1, 0.15) is 37.7 Å². The van der Waals surface area contributed by atoms with Crippen LogP contribution in [0.5, 0.6) is 17.2 Å². The van der Waals surface area contributed by atoms with Crippen LogP contribution in [-0.2, 0) is 11.3 Å². The Morgan fingerprint density at radius 1 is 1.04 bits per heavy atom. The van der Waals surface area contributed by atoms with Crippen molar-refractivity contribution in [3.8, 4) is 17.2 Å². The van der Waals surface area contributed by atoms with Gasteiger partial charge in [0.2, 0.25) is 5.75 Å². The number of benzene rings is 1. The number of amides is 1. The van der Waals surface area contributed by atoms with Crippen molar-refractivity contribution in [2.75, 3.05) is 41.0 Å². The molecule has 6 nitrogen and oxygen atoms in total. The van der Waals surface area contributed by atoms with E-state index >= 15 is 0 Å². The highest BCUT2D eigenvalue weighted by Crippen LogP contribution is 2.38. The third-order valence-corrected chi connectivity index (χ3v) is 6.11. The number of hydrogen-bond acceptors (Lipinski definition) is 4. The van der Waals surface area contributed by atoms with Gasteiger partial charge in [-0.25, -0.2) is 0 Å². The molecular formula is C21H33N2O4+. The first kappa shape index (κ1) is 19.8. The maximum absolute atomic E-state index is 12.5. The lowest BCUT2D eigenvalue weighted by Crippen LogP contribution is -3.15. The number of fused-ring (bicyclic) bond motifs is 1. The number of likely N-dealkylation sites (tertiary alicyclic amines) is 1. The van der Waals surface area contributed by atoms with Crippen LogP contribution in [0.25, 0.3) is 0 Å². The number of carbonyl (C=O) groups excluding carboxylic acids is 1. The highest BCUT2D eigenvalue weighted by molar-refractivity contribution is 5.76. The van der Waals surface area contributed by atoms with Gasteiger partial charge in [-0.15, -0.1) is 0 Å². The normalized spacial score (nSPS) is 24.6. The Bertz CT molecular complexity index is 624. The Labute approximate surface area is 162 Å². The average Bonchev–Trinajstić information content (AvgIpc) is 2.71. The van der Waals surface area contributed by atoms with E-state index in [1.165, 1.54) is 37.0 Å². The van der Waals surface area contributed by atoms with E-state index in [0.29, 0.717) is 30.3 Å². The van der Waals surface area contributed by atoms with Gasteiger partial charge in [0.25, 0.3) is 5.91 Å². The summed E-state index contributed by atoms with van der Waals surface area (Å²) in [6.07, 6.45) is 6.78. The Morgan fingerprint density at radius 2 is 1.70 bits per heavy atom. The van der Waals surface area contributed by atoms with Crippen molar-refractivity contribution in [2.45, 2.75) is 38.6 Å². The van der Waals surface area contributed by atoms with E-state index < -0.39 is 0 Å². The van der Waals surface area contributed by atoms with Crippen LogP contribution < -0.4 is 24.4 Å². The SMILES string of the molecule is COc1cc(CNC(=O)C[NH+]2CC[C@@H]3CCCC[C@@H]3C2)cc(OC)c1OC. The molecule has 27 heavy (non-hydrogen) atoms. The lowest BCUT2D eigenvalue weighted by Gasteiger charge is -2.38. The van der Waals surface area contributed by atoms with Crippen LogP contribution in [0.4, 0.5) is 0 Å². The maximum Gasteiger partial charge on any atom is 0.275 e. The molecule has 3 atom stereocenters. The summed E-state index contributed by atoms with van der Waals surface area (Å²) in [5.74, 6) is 3.61. The van der Waals surface area contributed by atoms with Gasteiger partial charge in [0.15, 0.2) is 18.0 Å². The van der Waals surface area contributed by atoms with Crippen LogP contribution in [-0.4, -0.2) is 46.9 Å². The molecule has 1 saturated heterocycles. The van der Waals surface area contributed by atoms with Crippen molar-refractivity contribution >= 4 is 5.91 Å². The molecule has 0 radical (unpaired) electrons. The third kappa shape index (κ3) is 4.86. The van der Waals surface area contributed by atoms with Gasteiger partial charge in [-0.1, -0.05) is 12.8 Å². The Hall–Kier alpha value is -1.95. The topological polar surface area (TPSA) is 61.2 Å². The molecule has 2 N–H and O–H groups in total. The second-order valence-electron chi connectivity index (χ2n) is 7.78. The zero-order valence-corrected chi connectivity index (χ0v) is 16.8. The summed E-state index contributed by atoms with van der Waals surface area (Å²) in [7, 11) is 4.77. The molecule has 1 unspecified atom stereocenters. The molecule has 1 aromatic rings. The second-order valence-corrected chi connectivity index (χ2v) is 7.78. The van der Waals surface area contributed by atoms with Crippen LogP contribution in [0.3, 0.4) is 0 Å². The van der Waals surface area contributed by atoms with Gasteiger partial charge in [0.05, 0.1) is 34.4 Å². The highest BCUT2D eigenvalue weighted by Gasteiger charge is 2.34. The number of quaternary nitrogens is 1. The monoisotopic (exact) mass is 377 g/mol. The first-order valence-corrected chi connectivity index (χ1v) is 10.0. The number of rotatable bonds is 7. The number of carbonyl (C=O) groups is 1. The summed E-state index contributed by atoms with van der Waals surface area (Å²) in [5.41, 5.74) is 0.929. The van der Waals surface area contributed by atoms with E-state index in [4.69, 9.17) is 14.2 Å². The minimum absolute atomic E-state index is 0.105. The van der Waals surface area contributed by atoms with Crippen molar-refractivity contribution in [3.63, 3.8) is 0 Å². The fourth-order valence-corrected chi connectivity index (χ4v) is 4.68. The first-order valence-electron chi connectivity index (χ1n) is 10.0. The molecule has 1 saturated carbocycles. The predicted octanol–water partition coefficient (Wildman–Crippen LogP) is 1.42. The van der Waals surface area contributed by atoms with Gasteiger partial charge in [-0.05, 0) is 42.9 Å². The number of nitrogens with one attached hydrogen (secondary N) is 2. The fraction of sp³-hybridized carbons (Fsp3) is 0.667. The van der Waals surface area contributed by atoms with Gasteiger partial charge >= 0.3 is 0 Å². The van der Waals surface area contributed by atoms with Crippen LogP contribution >= 0.6 is 0 Å². The zero-order chi connectivity index (χ0) is 19.2. The standard InChI is InChI=1S/C21H32N2O4/c1-25-18-10-15(11-19(26-2)21(18)27-3)12-22-20(24)14-23-9-8-16-6-4-5-7-17(16)13-23/h10-11,16-17H,4-9,12-14H2,1-3H3,(H,22,24)/p+1/t16-,17+/m0/s1. The number of ether oxygens (including phenoxy) is 3. The second kappa shape index (κ2) is 9.31. The number of hydrogen-bond donors (Lipinski definition) is 2.